The largest absolute Gasteiger partial charge is 0.496 e. The molecule has 4 rings (SSSR count). The maximum atomic E-state index is 14.3. The van der Waals surface area contributed by atoms with E-state index >= 15 is 0 Å². The second kappa shape index (κ2) is 14.4. The van der Waals surface area contributed by atoms with Gasteiger partial charge in [0.1, 0.15) is 18.3 Å². The number of carbonyl (C=O) groups excluding carboxylic acids is 2. The predicted molar refractivity (Wildman–Crippen MR) is 173 cm³/mol. The molecular formula is C33H40BrN3O5S. The van der Waals surface area contributed by atoms with E-state index in [-0.39, 0.29) is 23.4 Å². The number of benzene rings is 3. The van der Waals surface area contributed by atoms with Crippen LogP contribution in [0.4, 0.5) is 5.69 Å². The van der Waals surface area contributed by atoms with Gasteiger partial charge in [0.2, 0.25) is 11.8 Å². The Kier molecular flexibility index (Phi) is 10.9. The molecule has 1 N–H and O–H groups in total. The van der Waals surface area contributed by atoms with Crippen molar-refractivity contribution in [3.63, 3.8) is 0 Å². The van der Waals surface area contributed by atoms with E-state index in [0.717, 1.165) is 46.7 Å². The third-order valence-electron chi connectivity index (χ3n) is 7.87. The molecule has 10 heteroatoms. The van der Waals surface area contributed by atoms with Crippen molar-refractivity contribution in [2.45, 2.75) is 76.4 Å². The molecule has 3 aromatic rings. The smallest absolute Gasteiger partial charge is 0.264 e. The van der Waals surface area contributed by atoms with Gasteiger partial charge in [0.15, 0.2) is 0 Å². The van der Waals surface area contributed by atoms with E-state index in [1.165, 1.54) is 24.1 Å². The molecule has 2 amide bonds. The normalized spacial score (nSPS) is 14.3. The Labute approximate surface area is 263 Å². The van der Waals surface area contributed by atoms with Crippen molar-refractivity contribution >= 4 is 43.5 Å². The predicted octanol–water partition coefficient (Wildman–Crippen LogP) is 6.14. The maximum absolute atomic E-state index is 14.3. The summed E-state index contributed by atoms with van der Waals surface area (Å²) in [5.41, 5.74) is 3.24. The van der Waals surface area contributed by atoms with E-state index in [9.17, 15) is 18.0 Å². The van der Waals surface area contributed by atoms with Crippen LogP contribution < -0.4 is 14.4 Å². The SMILES string of the molecule is CCC(C(=O)NC1CCCC1)N(Cc1ccc(C)cc1)C(=O)CN(c1ccc(C)cc1)S(=O)(=O)c1ccc(OC)c(Br)c1. The molecule has 3 aromatic carbocycles. The van der Waals surface area contributed by atoms with Gasteiger partial charge in [-0.15, -0.1) is 0 Å². The summed E-state index contributed by atoms with van der Waals surface area (Å²) >= 11 is 3.38. The fraction of sp³-hybridized carbons (Fsp3) is 0.394. The van der Waals surface area contributed by atoms with Crippen LogP contribution in [0.5, 0.6) is 5.75 Å². The van der Waals surface area contributed by atoms with Gasteiger partial charge in [-0.3, -0.25) is 13.9 Å². The number of aryl methyl sites for hydroxylation is 2. The third kappa shape index (κ3) is 7.97. The van der Waals surface area contributed by atoms with Crippen LogP contribution in [0, 0.1) is 13.8 Å². The third-order valence-corrected chi connectivity index (χ3v) is 10.3. The highest BCUT2D eigenvalue weighted by Crippen LogP contribution is 2.31. The number of rotatable bonds is 12. The first kappa shape index (κ1) is 32.5. The van der Waals surface area contributed by atoms with Crippen molar-refractivity contribution in [2.24, 2.45) is 0 Å². The van der Waals surface area contributed by atoms with Crippen LogP contribution in [0.1, 0.15) is 55.7 Å². The van der Waals surface area contributed by atoms with Crippen LogP contribution in [0.2, 0.25) is 0 Å². The number of sulfonamides is 1. The average Bonchev–Trinajstić information content (AvgIpc) is 3.50. The zero-order valence-corrected chi connectivity index (χ0v) is 27.6. The van der Waals surface area contributed by atoms with Crippen molar-refractivity contribution < 1.29 is 22.7 Å². The topological polar surface area (TPSA) is 96.0 Å². The summed E-state index contributed by atoms with van der Waals surface area (Å²) in [4.78, 5) is 29.4. The Morgan fingerprint density at radius 2 is 1.58 bits per heavy atom. The Morgan fingerprint density at radius 3 is 2.14 bits per heavy atom. The highest BCUT2D eigenvalue weighted by molar-refractivity contribution is 9.10. The van der Waals surface area contributed by atoms with E-state index in [1.54, 1.807) is 30.3 Å². The van der Waals surface area contributed by atoms with Gasteiger partial charge in [-0.05, 0) is 84.9 Å². The summed E-state index contributed by atoms with van der Waals surface area (Å²) in [6.07, 6.45) is 4.37. The van der Waals surface area contributed by atoms with Gasteiger partial charge in [-0.25, -0.2) is 8.42 Å². The number of anilines is 1. The summed E-state index contributed by atoms with van der Waals surface area (Å²) in [6.45, 7) is 5.46. The lowest BCUT2D eigenvalue weighted by Gasteiger charge is -2.34. The monoisotopic (exact) mass is 669 g/mol. The van der Waals surface area contributed by atoms with E-state index in [2.05, 4.69) is 21.2 Å². The second-order valence-electron chi connectivity index (χ2n) is 11.1. The summed E-state index contributed by atoms with van der Waals surface area (Å²) in [6, 6.07) is 18.6. The number of carbonyl (C=O) groups is 2. The summed E-state index contributed by atoms with van der Waals surface area (Å²) in [5, 5.41) is 3.14. The van der Waals surface area contributed by atoms with Crippen LogP contribution in [-0.4, -0.2) is 50.9 Å². The lowest BCUT2D eigenvalue weighted by atomic mass is 10.1. The van der Waals surface area contributed by atoms with Crippen molar-refractivity contribution in [3.05, 3.63) is 87.9 Å². The van der Waals surface area contributed by atoms with Gasteiger partial charge in [0, 0.05) is 12.6 Å². The molecule has 8 nitrogen and oxygen atoms in total. The molecule has 230 valence electrons. The Hall–Kier alpha value is -3.37. The van der Waals surface area contributed by atoms with Crippen molar-refractivity contribution in [1.29, 1.82) is 0 Å². The molecule has 1 saturated carbocycles. The average molecular weight is 671 g/mol. The molecule has 0 bridgehead atoms. The summed E-state index contributed by atoms with van der Waals surface area (Å²) in [7, 11) is -2.69. The van der Waals surface area contributed by atoms with Crippen LogP contribution in [0.3, 0.4) is 0 Å². The molecule has 0 aliphatic heterocycles. The molecule has 1 aliphatic rings. The first-order chi connectivity index (χ1) is 20.5. The lowest BCUT2D eigenvalue weighted by Crippen LogP contribution is -2.53. The van der Waals surface area contributed by atoms with Gasteiger partial charge in [0.05, 0.1) is 22.2 Å². The van der Waals surface area contributed by atoms with Gasteiger partial charge < -0.3 is 15.0 Å². The number of ether oxygens (including phenoxy) is 1. The molecule has 43 heavy (non-hydrogen) atoms. The number of amides is 2. The van der Waals surface area contributed by atoms with Crippen molar-refractivity contribution in [1.82, 2.24) is 10.2 Å². The van der Waals surface area contributed by atoms with E-state index < -0.39 is 28.5 Å². The number of hydrogen-bond acceptors (Lipinski definition) is 5. The number of methoxy groups -OCH3 is 1. The van der Waals surface area contributed by atoms with E-state index in [4.69, 9.17) is 4.74 Å². The van der Waals surface area contributed by atoms with Gasteiger partial charge in [-0.2, -0.15) is 0 Å². The molecule has 1 aliphatic carbocycles. The number of hydrogen-bond donors (Lipinski definition) is 1. The molecule has 0 saturated heterocycles. The fourth-order valence-electron chi connectivity index (χ4n) is 5.35. The molecule has 1 unspecified atom stereocenters. The standard InChI is InChI=1S/C33H40BrN3O5S/c1-5-30(33(39)35-26-8-6-7-9-26)36(21-25-14-10-23(2)11-15-25)32(38)22-37(27-16-12-24(3)13-17-27)43(40,41)28-18-19-31(42-4)29(34)20-28/h10-20,26,30H,5-9,21-22H2,1-4H3,(H,35,39). The van der Waals surface area contributed by atoms with Gasteiger partial charge >= 0.3 is 0 Å². The minimum Gasteiger partial charge on any atom is -0.496 e. The Bertz CT molecular complexity index is 1520. The first-order valence-electron chi connectivity index (χ1n) is 14.6. The number of nitrogens with one attached hydrogen (secondary N) is 1. The number of halogens is 1. The first-order valence-corrected chi connectivity index (χ1v) is 16.8. The van der Waals surface area contributed by atoms with Crippen molar-refractivity contribution in [3.8, 4) is 5.75 Å². The molecule has 0 heterocycles. The highest BCUT2D eigenvalue weighted by atomic mass is 79.9. The Balaban J connectivity index is 1.72. The minimum absolute atomic E-state index is 0.00431. The molecule has 1 atom stereocenters. The zero-order chi connectivity index (χ0) is 31.1. The van der Waals surface area contributed by atoms with E-state index in [1.807, 2.05) is 45.0 Å². The highest BCUT2D eigenvalue weighted by Gasteiger charge is 2.34. The fourth-order valence-corrected chi connectivity index (χ4v) is 7.48. The quantitative estimate of drug-likeness (QED) is 0.250. The Morgan fingerprint density at radius 1 is 0.977 bits per heavy atom. The summed E-state index contributed by atoms with van der Waals surface area (Å²) < 4.78 is 35.2. The van der Waals surface area contributed by atoms with Crippen molar-refractivity contribution in [2.75, 3.05) is 18.0 Å². The molecule has 0 aromatic heterocycles. The van der Waals surface area contributed by atoms with Crippen LogP contribution >= 0.6 is 15.9 Å². The van der Waals surface area contributed by atoms with Crippen LogP contribution in [0.15, 0.2) is 76.1 Å². The summed E-state index contributed by atoms with van der Waals surface area (Å²) in [5.74, 6) is -0.190. The number of nitrogens with zero attached hydrogens (tertiary/aromatic N) is 2. The molecular weight excluding hydrogens is 630 g/mol. The molecule has 1 fully saturated rings. The van der Waals surface area contributed by atoms with Gasteiger partial charge in [0.25, 0.3) is 10.0 Å². The minimum atomic E-state index is -4.19. The maximum Gasteiger partial charge on any atom is 0.264 e. The zero-order valence-electron chi connectivity index (χ0n) is 25.2. The van der Waals surface area contributed by atoms with Crippen LogP contribution in [-0.2, 0) is 26.2 Å². The second-order valence-corrected chi connectivity index (χ2v) is 13.8. The molecule has 0 radical (unpaired) electrons. The lowest BCUT2D eigenvalue weighted by molar-refractivity contribution is -0.140. The van der Waals surface area contributed by atoms with Gasteiger partial charge in [-0.1, -0.05) is 67.3 Å². The van der Waals surface area contributed by atoms with Crippen LogP contribution in [0.25, 0.3) is 0 Å². The molecule has 0 spiro atoms. The van der Waals surface area contributed by atoms with E-state index in [0.29, 0.717) is 22.3 Å².